The lowest BCUT2D eigenvalue weighted by Crippen LogP contribution is -2.16. The Morgan fingerprint density at radius 1 is 1.21 bits per heavy atom. The summed E-state index contributed by atoms with van der Waals surface area (Å²) in [6, 6.07) is 5.83. The van der Waals surface area contributed by atoms with Crippen molar-refractivity contribution in [1.82, 2.24) is 0 Å². The van der Waals surface area contributed by atoms with Crippen LogP contribution >= 0.6 is 11.8 Å². The summed E-state index contributed by atoms with van der Waals surface area (Å²) >= 11 is 1.57. The second kappa shape index (κ2) is 4.59. The summed E-state index contributed by atoms with van der Waals surface area (Å²) in [5, 5.41) is 0. The van der Waals surface area contributed by atoms with Gasteiger partial charge in [0.1, 0.15) is 5.75 Å². The predicted molar refractivity (Wildman–Crippen MR) is 49.5 cm³/mol. The van der Waals surface area contributed by atoms with Gasteiger partial charge in [-0.3, -0.25) is 0 Å². The summed E-state index contributed by atoms with van der Waals surface area (Å²) < 4.78 is 39.0. The molecule has 0 heterocycles. The summed E-state index contributed by atoms with van der Waals surface area (Å²) in [4.78, 5) is 0.932. The largest absolute Gasteiger partial charge is 0.573 e. The maximum Gasteiger partial charge on any atom is 0.573 e. The van der Waals surface area contributed by atoms with E-state index in [1.807, 2.05) is 6.92 Å². The van der Waals surface area contributed by atoms with Gasteiger partial charge in [0.25, 0.3) is 0 Å². The molecule has 1 rings (SSSR count). The number of ether oxygens (including phenoxy) is 1. The van der Waals surface area contributed by atoms with Crippen LogP contribution in [0.3, 0.4) is 0 Å². The number of hydrogen-bond acceptors (Lipinski definition) is 2. The highest BCUT2D eigenvalue weighted by Crippen LogP contribution is 2.25. The van der Waals surface area contributed by atoms with E-state index in [9.17, 15) is 13.2 Å². The number of halogens is 3. The smallest absolute Gasteiger partial charge is 0.406 e. The third-order valence-corrected chi connectivity index (χ3v) is 2.26. The normalized spacial score (nSPS) is 11.4. The summed E-state index contributed by atoms with van der Waals surface area (Å²) in [6.45, 7) is 1.98. The highest BCUT2D eigenvalue weighted by atomic mass is 32.2. The van der Waals surface area contributed by atoms with E-state index in [4.69, 9.17) is 0 Å². The Kier molecular flexibility index (Phi) is 3.69. The van der Waals surface area contributed by atoms with Crippen molar-refractivity contribution in [3.8, 4) is 5.75 Å². The van der Waals surface area contributed by atoms with E-state index < -0.39 is 6.36 Å². The lowest BCUT2D eigenvalue weighted by molar-refractivity contribution is -0.274. The Labute approximate surface area is 84.3 Å². The predicted octanol–water partition coefficient (Wildman–Crippen LogP) is 3.70. The van der Waals surface area contributed by atoms with E-state index in [1.54, 1.807) is 23.9 Å². The van der Waals surface area contributed by atoms with E-state index >= 15 is 0 Å². The van der Waals surface area contributed by atoms with Crippen LogP contribution in [-0.4, -0.2) is 12.1 Å². The van der Waals surface area contributed by atoms with Gasteiger partial charge >= 0.3 is 6.36 Å². The van der Waals surface area contributed by atoms with Crippen molar-refractivity contribution in [2.45, 2.75) is 18.2 Å². The van der Waals surface area contributed by atoms with E-state index in [1.165, 1.54) is 12.1 Å². The van der Waals surface area contributed by atoms with E-state index in [0.29, 0.717) is 0 Å². The van der Waals surface area contributed by atoms with Crippen LogP contribution in [-0.2, 0) is 0 Å². The molecule has 1 nitrogen and oxygen atoms in total. The molecule has 0 saturated carbocycles. The third kappa shape index (κ3) is 3.91. The Balaban J connectivity index is 2.64. The quantitative estimate of drug-likeness (QED) is 0.721. The molecule has 1 aromatic carbocycles. The van der Waals surface area contributed by atoms with Gasteiger partial charge in [0.15, 0.2) is 0 Å². The zero-order valence-corrected chi connectivity index (χ0v) is 8.28. The Hall–Kier alpha value is -0.840. The zero-order valence-electron chi connectivity index (χ0n) is 7.47. The van der Waals surface area contributed by atoms with E-state index in [2.05, 4.69) is 4.74 Å². The van der Waals surface area contributed by atoms with Gasteiger partial charge in [0.2, 0.25) is 0 Å². The zero-order chi connectivity index (χ0) is 10.6. The lowest BCUT2D eigenvalue weighted by Gasteiger charge is -2.08. The molecule has 1 aromatic rings. The maximum atomic E-state index is 11.8. The molecule has 0 aliphatic heterocycles. The Morgan fingerprint density at radius 2 is 1.79 bits per heavy atom. The fourth-order valence-corrected chi connectivity index (χ4v) is 1.57. The average molecular weight is 222 g/mol. The first kappa shape index (κ1) is 11.2. The molecule has 0 bridgehead atoms. The highest BCUT2D eigenvalue weighted by Gasteiger charge is 2.30. The van der Waals surface area contributed by atoms with Gasteiger partial charge in [0, 0.05) is 4.90 Å². The van der Waals surface area contributed by atoms with Crippen LogP contribution in [0, 0.1) is 0 Å². The van der Waals surface area contributed by atoms with Gasteiger partial charge in [-0.2, -0.15) is 0 Å². The number of rotatable bonds is 3. The van der Waals surface area contributed by atoms with Crippen LogP contribution in [0.2, 0.25) is 0 Å². The van der Waals surface area contributed by atoms with Crippen LogP contribution < -0.4 is 4.74 Å². The van der Waals surface area contributed by atoms with Gasteiger partial charge in [-0.15, -0.1) is 24.9 Å². The molecule has 0 radical (unpaired) electrons. The van der Waals surface area contributed by atoms with Crippen LogP contribution in [0.25, 0.3) is 0 Å². The van der Waals surface area contributed by atoms with Gasteiger partial charge in [-0.25, -0.2) is 0 Å². The minimum atomic E-state index is -4.61. The van der Waals surface area contributed by atoms with Gasteiger partial charge in [-0.05, 0) is 30.0 Å². The van der Waals surface area contributed by atoms with Crippen molar-refractivity contribution in [1.29, 1.82) is 0 Å². The molecular formula is C9H9F3OS. The molecule has 0 aliphatic rings. The fraction of sp³-hybridized carbons (Fsp3) is 0.333. The first-order valence-corrected chi connectivity index (χ1v) is 4.98. The standard InChI is InChI=1S/C9H9F3OS/c1-2-14-8-5-3-7(4-6-8)13-9(10,11)12/h3-6H,2H2,1H3. The summed E-state index contributed by atoms with van der Waals surface area (Å²) in [6.07, 6.45) is -4.61. The molecule has 14 heavy (non-hydrogen) atoms. The van der Waals surface area contributed by atoms with Crippen LogP contribution in [0.4, 0.5) is 13.2 Å². The minimum Gasteiger partial charge on any atom is -0.406 e. The van der Waals surface area contributed by atoms with Crippen LogP contribution in [0.5, 0.6) is 5.75 Å². The topological polar surface area (TPSA) is 9.23 Å². The molecule has 0 unspecified atom stereocenters. The first-order valence-electron chi connectivity index (χ1n) is 4.00. The van der Waals surface area contributed by atoms with Gasteiger partial charge < -0.3 is 4.74 Å². The monoisotopic (exact) mass is 222 g/mol. The molecule has 5 heteroatoms. The van der Waals surface area contributed by atoms with Crippen LogP contribution in [0.1, 0.15) is 6.92 Å². The van der Waals surface area contributed by atoms with Crippen molar-refractivity contribution in [3.63, 3.8) is 0 Å². The van der Waals surface area contributed by atoms with Crippen molar-refractivity contribution in [3.05, 3.63) is 24.3 Å². The molecule has 0 N–H and O–H groups in total. The molecule has 0 spiro atoms. The number of alkyl halides is 3. The molecule has 78 valence electrons. The summed E-state index contributed by atoms with van der Waals surface area (Å²) in [5.74, 6) is 0.706. The minimum absolute atomic E-state index is 0.182. The first-order chi connectivity index (χ1) is 6.51. The van der Waals surface area contributed by atoms with Crippen molar-refractivity contribution in [2.24, 2.45) is 0 Å². The average Bonchev–Trinajstić information content (AvgIpc) is 2.06. The second-order valence-corrected chi connectivity index (χ2v) is 3.79. The van der Waals surface area contributed by atoms with Crippen molar-refractivity contribution < 1.29 is 17.9 Å². The van der Waals surface area contributed by atoms with Crippen molar-refractivity contribution in [2.75, 3.05) is 5.75 Å². The third-order valence-electron chi connectivity index (χ3n) is 1.37. The lowest BCUT2D eigenvalue weighted by atomic mass is 10.3. The molecule has 0 fully saturated rings. The summed E-state index contributed by atoms with van der Waals surface area (Å²) in [7, 11) is 0. The summed E-state index contributed by atoms with van der Waals surface area (Å²) in [5.41, 5.74) is 0. The molecule has 0 amide bonds. The molecule has 0 atom stereocenters. The van der Waals surface area contributed by atoms with Crippen LogP contribution in [0.15, 0.2) is 29.2 Å². The van der Waals surface area contributed by atoms with Crippen molar-refractivity contribution >= 4 is 11.8 Å². The molecule has 0 aliphatic carbocycles. The van der Waals surface area contributed by atoms with E-state index in [-0.39, 0.29) is 5.75 Å². The fourth-order valence-electron chi connectivity index (χ4n) is 0.904. The maximum absolute atomic E-state index is 11.8. The van der Waals surface area contributed by atoms with E-state index in [0.717, 1.165) is 10.6 Å². The Bertz CT molecular complexity index is 281. The SMILES string of the molecule is CCSc1ccc(OC(F)(F)F)cc1. The second-order valence-electron chi connectivity index (χ2n) is 2.45. The molecular weight excluding hydrogens is 213 g/mol. The number of hydrogen-bond donors (Lipinski definition) is 0. The number of benzene rings is 1. The van der Waals surface area contributed by atoms with Gasteiger partial charge in [-0.1, -0.05) is 6.92 Å². The highest BCUT2D eigenvalue weighted by molar-refractivity contribution is 7.99. The number of thioether (sulfide) groups is 1. The Morgan fingerprint density at radius 3 is 2.21 bits per heavy atom. The van der Waals surface area contributed by atoms with Gasteiger partial charge in [0.05, 0.1) is 0 Å². The molecule has 0 aromatic heterocycles. The molecule has 0 saturated heterocycles.